The van der Waals surface area contributed by atoms with Gasteiger partial charge in [-0.25, -0.2) is 0 Å². The molecule has 0 aromatic heterocycles. The average Bonchev–Trinajstić information content (AvgIpc) is 2.79. The normalized spacial score (nSPS) is 51.6. The smallest absolute Gasteiger partial charge is 0.0619 e. The molecule has 2 nitrogen and oxygen atoms in total. The van der Waals surface area contributed by atoms with Gasteiger partial charge >= 0.3 is 0 Å². The van der Waals surface area contributed by atoms with Crippen LogP contribution in [0.4, 0.5) is 0 Å². The zero-order valence-electron chi connectivity index (χ0n) is 10.1. The number of rotatable bonds is 0. The van der Waals surface area contributed by atoms with Gasteiger partial charge in [0, 0.05) is 11.8 Å². The monoisotopic (exact) mass is 220 g/mol. The Labute approximate surface area is 97.3 Å². The van der Waals surface area contributed by atoms with Crippen LogP contribution in [0.25, 0.3) is 0 Å². The first-order valence-electron chi connectivity index (χ1n) is 6.22. The van der Waals surface area contributed by atoms with Gasteiger partial charge in [0.2, 0.25) is 0 Å². The molecule has 3 aliphatic rings. The summed E-state index contributed by atoms with van der Waals surface area (Å²) >= 11 is 0. The maximum absolute atomic E-state index is 5.80. The molecule has 2 heterocycles. The minimum atomic E-state index is 0.297. The Kier molecular flexibility index (Phi) is 2.27. The molecule has 88 valence electrons. The molecule has 1 saturated carbocycles. The van der Waals surface area contributed by atoms with Crippen molar-refractivity contribution < 1.29 is 9.47 Å². The van der Waals surface area contributed by atoms with E-state index < -0.39 is 0 Å². The molecule has 3 rings (SSSR count). The van der Waals surface area contributed by atoms with Crippen LogP contribution in [0.2, 0.25) is 0 Å². The molecule has 0 spiro atoms. The number of fused-ring (bicyclic) bond motifs is 3. The first kappa shape index (κ1) is 10.5. The Morgan fingerprint density at radius 1 is 0.875 bits per heavy atom. The summed E-state index contributed by atoms with van der Waals surface area (Å²) in [7, 11) is 0. The summed E-state index contributed by atoms with van der Waals surface area (Å²) in [6.45, 7) is 14.5. The Morgan fingerprint density at radius 3 is 1.62 bits per heavy atom. The van der Waals surface area contributed by atoms with Crippen LogP contribution in [-0.4, -0.2) is 25.4 Å². The molecule has 3 fully saturated rings. The van der Waals surface area contributed by atoms with E-state index in [1.807, 2.05) is 0 Å². The fourth-order valence-electron chi connectivity index (χ4n) is 3.93. The van der Waals surface area contributed by atoms with Crippen LogP contribution in [0.5, 0.6) is 0 Å². The average molecular weight is 220 g/mol. The van der Waals surface area contributed by atoms with Gasteiger partial charge in [0.1, 0.15) is 0 Å². The highest BCUT2D eigenvalue weighted by atomic mass is 16.5. The van der Waals surface area contributed by atoms with E-state index in [2.05, 4.69) is 27.0 Å². The van der Waals surface area contributed by atoms with Gasteiger partial charge in [-0.1, -0.05) is 13.2 Å². The zero-order valence-corrected chi connectivity index (χ0v) is 10.1. The van der Waals surface area contributed by atoms with E-state index in [0.29, 0.717) is 35.9 Å². The van der Waals surface area contributed by atoms with Crippen LogP contribution in [0.3, 0.4) is 0 Å². The highest BCUT2D eigenvalue weighted by Gasteiger charge is 2.53. The quantitative estimate of drug-likeness (QED) is 0.624. The van der Waals surface area contributed by atoms with Gasteiger partial charge in [-0.05, 0) is 36.8 Å². The largest absolute Gasteiger partial charge is 0.378 e. The van der Waals surface area contributed by atoms with Crippen molar-refractivity contribution >= 4 is 0 Å². The molecule has 0 radical (unpaired) electrons. The van der Waals surface area contributed by atoms with E-state index in [-0.39, 0.29) is 0 Å². The van der Waals surface area contributed by atoms with Gasteiger partial charge in [-0.2, -0.15) is 0 Å². The van der Waals surface area contributed by atoms with Crippen molar-refractivity contribution in [1.82, 2.24) is 0 Å². The van der Waals surface area contributed by atoms with Gasteiger partial charge in [0.15, 0.2) is 0 Å². The third kappa shape index (κ3) is 1.20. The molecule has 0 unspecified atom stereocenters. The Bertz CT molecular complexity index is 313. The second-order valence-electron chi connectivity index (χ2n) is 5.51. The van der Waals surface area contributed by atoms with Crippen molar-refractivity contribution in [2.75, 3.05) is 13.2 Å². The molecular formula is C14H20O2. The number of ether oxygens (including phenoxy) is 2. The van der Waals surface area contributed by atoms with Crippen LogP contribution in [0.1, 0.15) is 13.8 Å². The predicted molar refractivity (Wildman–Crippen MR) is 63.1 cm³/mol. The third-order valence-corrected chi connectivity index (χ3v) is 4.80. The molecule has 0 aromatic carbocycles. The lowest BCUT2D eigenvalue weighted by Gasteiger charge is -2.39. The lowest BCUT2D eigenvalue weighted by atomic mass is 9.62. The molecular weight excluding hydrogens is 200 g/mol. The minimum absolute atomic E-state index is 0.297. The molecule has 2 saturated heterocycles. The fraction of sp³-hybridized carbons (Fsp3) is 0.714. The van der Waals surface area contributed by atoms with E-state index >= 15 is 0 Å². The summed E-state index contributed by atoms with van der Waals surface area (Å²) in [6, 6.07) is 0. The Balaban J connectivity index is 1.98. The standard InChI is InChI=1S/C14H20O2/c1-7-8(2)14-10(4)16-6-12(14)11-5-15-9(3)13(7)11/h9-14H,1-2,5-6H2,3-4H3/t9-,10-,11+,12+,13-,14+/m0/s1. The van der Waals surface area contributed by atoms with E-state index in [1.54, 1.807) is 0 Å². The van der Waals surface area contributed by atoms with Gasteiger partial charge in [0.05, 0.1) is 25.4 Å². The highest BCUT2D eigenvalue weighted by Crippen LogP contribution is 2.53. The van der Waals surface area contributed by atoms with E-state index in [0.717, 1.165) is 13.2 Å². The predicted octanol–water partition coefficient (Wildman–Crippen LogP) is 2.41. The first-order valence-corrected chi connectivity index (χ1v) is 6.22. The van der Waals surface area contributed by atoms with E-state index in [4.69, 9.17) is 9.47 Å². The molecule has 16 heavy (non-hydrogen) atoms. The number of hydrogen-bond donors (Lipinski definition) is 0. The Hall–Kier alpha value is -0.600. The minimum Gasteiger partial charge on any atom is -0.378 e. The van der Waals surface area contributed by atoms with Crippen molar-refractivity contribution in [2.45, 2.75) is 26.1 Å². The van der Waals surface area contributed by atoms with Crippen molar-refractivity contribution in [3.63, 3.8) is 0 Å². The summed E-state index contributed by atoms with van der Waals surface area (Å²) in [5.41, 5.74) is 2.43. The summed E-state index contributed by atoms with van der Waals surface area (Å²) < 4.78 is 11.6. The summed E-state index contributed by atoms with van der Waals surface area (Å²) in [6.07, 6.45) is 0.595. The maximum Gasteiger partial charge on any atom is 0.0619 e. The molecule has 2 heteroatoms. The maximum atomic E-state index is 5.80. The number of hydrogen-bond acceptors (Lipinski definition) is 2. The molecule has 0 amide bonds. The van der Waals surface area contributed by atoms with Crippen molar-refractivity contribution in [3.05, 3.63) is 24.3 Å². The molecule has 0 aromatic rings. The molecule has 0 bridgehead atoms. The second-order valence-corrected chi connectivity index (χ2v) is 5.51. The molecule has 6 atom stereocenters. The second kappa shape index (κ2) is 3.44. The van der Waals surface area contributed by atoms with E-state index in [9.17, 15) is 0 Å². The van der Waals surface area contributed by atoms with Crippen LogP contribution in [0.15, 0.2) is 24.3 Å². The van der Waals surface area contributed by atoms with Crippen LogP contribution in [-0.2, 0) is 9.47 Å². The molecule has 0 N–H and O–H groups in total. The van der Waals surface area contributed by atoms with Crippen molar-refractivity contribution in [1.29, 1.82) is 0 Å². The summed E-state index contributed by atoms with van der Waals surface area (Å²) in [4.78, 5) is 0. The van der Waals surface area contributed by atoms with Gasteiger partial charge in [0.25, 0.3) is 0 Å². The third-order valence-electron chi connectivity index (χ3n) is 4.80. The van der Waals surface area contributed by atoms with Gasteiger partial charge in [-0.15, -0.1) is 0 Å². The lowest BCUT2D eigenvalue weighted by Crippen LogP contribution is -2.38. The van der Waals surface area contributed by atoms with E-state index in [1.165, 1.54) is 11.1 Å². The molecule has 1 aliphatic carbocycles. The fourth-order valence-corrected chi connectivity index (χ4v) is 3.93. The van der Waals surface area contributed by atoms with Gasteiger partial charge < -0.3 is 9.47 Å². The Morgan fingerprint density at radius 2 is 1.25 bits per heavy atom. The van der Waals surface area contributed by atoms with Crippen molar-refractivity contribution in [3.8, 4) is 0 Å². The SMILES string of the molecule is C=C1C(=C)[C@H]2[C@H](CO[C@H]2C)[C@H]2CO[C@@H](C)[C@H]12. The van der Waals surface area contributed by atoms with Crippen LogP contribution >= 0.6 is 0 Å². The first-order chi connectivity index (χ1) is 7.61. The summed E-state index contributed by atoms with van der Waals surface area (Å²) in [5.74, 6) is 2.15. The highest BCUT2D eigenvalue weighted by molar-refractivity contribution is 5.37. The zero-order chi connectivity index (χ0) is 11.4. The molecule has 2 aliphatic heterocycles. The van der Waals surface area contributed by atoms with Crippen LogP contribution < -0.4 is 0 Å². The van der Waals surface area contributed by atoms with Crippen molar-refractivity contribution in [2.24, 2.45) is 23.7 Å². The lowest BCUT2D eigenvalue weighted by molar-refractivity contribution is 0.100. The summed E-state index contributed by atoms with van der Waals surface area (Å²) in [5, 5.41) is 0. The van der Waals surface area contributed by atoms with Crippen LogP contribution in [0, 0.1) is 23.7 Å². The van der Waals surface area contributed by atoms with Gasteiger partial charge in [-0.3, -0.25) is 0 Å². The topological polar surface area (TPSA) is 18.5 Å².